The number of ether oxygens (including phenoxy) is 1. The Kier molecular flexibility index (Phi) is 5.37. The van der Waals surface area contributed by atoms with E-state index < -0.39 is 11.9 Å². The second-order valence-corrected chi connectivity index (χ2v) is 7.47. The number of unbranched alkanes of at least 4 members (excludes halogenated alkanes) is 1. The van der Waals surface area contributed by atoms with E-state index in [-0.39, 0.29) is 34.8 Å². The first-order valence-electron chi connectivity index (χ1n) is 10.1. The molecule has 0 aliphatic carbocycles. The van der Waals surface area contributed by atoms with Crippen LogP contribution in [0.1, 0.15) is 62.1 Å². The topological polar surface area (TPSA) is 98.1 Å². The molecule has 0 spiro atoms. The summed E-state index contributed by atoms with van der Waals surface area (Å²) in [4.78, 5) is 55.3. The Hall–Kier alpha value is -3.81. The molecule has 0 radical (unpaired) electrons. The molecule has 8 heteroatoms. The van der Waals surface area contributed by atoms with E-state index in [1.807, 2.05) is 19.9 Å². The lowest BCUT2D eigenvalue weighted by molar-refractivity contribution is 0.0467. The Labute approximate surface area is 178 Å². The largest absolute Gasteiger partial charge is 0.456 e. The predicted molar refractivity (Wildman–Crippen MR) is 112 cm³/mol. The highest BCUT2D eigenvalue weighted by molar-refractivity contribution is 6.21. The zero-order chi connectivity index (χ0) is 22.1. The average molecular weight is 419 g/mol. The van der Waals surface area contributed by atoms with E-state index in [9.17, 15) is 19.2 Å². The second-order valence-electron chi connectivity index (χ2n) is 7.47. The van der Waals surface area contributed by atoms with Crippen LogP contribution in [0.2, 0.25) is 0 Å². The Morgan fingerprint density at radius 2 is 1.81 bits per heavy atom. The van der Waals surface area contributed by atoms with Crippen molar-refractivity contribution >= 4 is 23.4 Å². The first-order chi connectivity index (χ1) is 14.9. The molecule has 0 fully saturated rings. The molecular formula is C23H21N3O5. The van der Waals surface area contributed by atoms with Crippen molar-refractivity contribution in [2.24, 2.45) is 0 Å². The molecule has 1 aromatic carbocycles. The monoisotopic (exact) mass is 419 g/mol. The van der Waals surface area contributed by atoms with Crippen LogP contribution in [0.3, 0.4) is 0 Å². The number of carbonyl (C=O) groups excluding carboxylic acids is 3. The number of hydrogen-bond acceptors (Lipinski definition) is 6. The lowest BCUT2D eigenvalue weighted by Gasteiger charge is -2.12. The summed E-state index contributed by atoms with van der Waals surface area (Å²) in [7, 11) is 0. The minimum atomic E-state index is -0.666. The third-order valence-corrected chi connectivity index (χ3v) is 5.15. The van der Waals surface area contributed by atoms with Crippen LogP contribution in [-0.2, 0) is 11.3 Å². The van der Waals surface area contributed by atoms with Crippen molar-refractivity contribution in [2.75, 3.05) is 6.54 Å². The SMILES string of the molecule is CCCCN1C(=O)c2ccc(C(=O)OCc3cc(=O)n4cc(C)ccc4n3)cc2C1=O. The first-order valence-corrected chi connectivity index (χ1v) is 10.1. The molecule has 158 valence electrons. The Morgan fingerprint density at radius 1 is 1.03 bits per heavy atom. The van der Waals surface area contributed by atoms with Crippen molar-refractivity contribution in [3.05, 3.63) is 80.9 Å². The van der Waals surface area contributed by atoms with Gasteiger partial charge in [-0.05, 0) is 43.2 Å². The van der Waals surface area contributed by atoms with Crippen LogP contribution >= 0.6 is 0 Å². The summed E-state index contributed by atoms with van der Waals surface area (Å²) in [5, 5.41) is 0. The molecule has 0 bridgehead atoms. The number of aryl methyl sites for hydroxylation is 1. The maximum Gasteiger partial charge on any atom is 0.338 e. The maximum atomic E-state index is 12.6. The highest BCUT2D eigenvalue weighted by Crippen LogP contribution is 2.25. The molecular weight excluding hydrogens is 398 g/mol. The molecule has 2 amide bonds. The summed E-state index contributed by atoms with van der Waals surface area (Å²) in [6.07, 6.45) is 3.27. The van der Waals surface area contributed by atoms with Gasteiger partial charge >= 0.3 is 5.97 Å². The van der Waals surface area contributed by atoms with E-state index >= 15 is 0 Å². The van der Waals surface area contributed by atoms with Gasteiger partial charge in [0, 0.05) is 18.8 Å². The van der Waals surface area contributed by atoms with E-state index in [2.05, 4.69) is 4.98 Å². The van der Waals surface area contributed by atoms with Crippen molar-refractivity contribution in [3.8, 4) is 0 Å². The number of hydrogen-bond donors (Lipinski definition) is 0. The number of aromatic nitrogens is 2. The number of nitrogens with zero attached hydrogens (tertiary/aromatic N) is 3. The molecule has 0 saturated carbocycles. The van der Waals surface area contributed by atoms with E-state index in [1.54, 1.807) is 12.3 Å². The summed E-state index contributed by atoms with van der Waals surface area (Å²) in [5.41, 5.74) is 2.08. The van der Waals surface area contributed by atoms with Gasteiger partial charge < -0.3 is 4.74 Å². The van der Waals surface area contributed by atoms with Crippen LogP contribution in [0.5, 0.6) is 0 Å². The summed E-state index contributed by atoms with van der Waals surface area (Å²) >= 11 is 0. The Balaban J connectivity index is 1.51. The molecule has 1 aliphatic rings. The van der Waals surface area contributed by atoms with Gasteiger partial charge in [0.2, 0.25) is 0 Å². The number of pyridine rings is 1. The number of rotatable bonds is 6. The van der Waals surface area contributed by atoms with Crippen molar-refractivity contribution in [2.45, 2.75) is 33.3 Å². The van der Waals surface area contributed by atoms with Gasteiger partial charge in [0.25, 0.3) is 17.4 Å². The molecule has 0 unspecified atom stereocenters. The molecule has 31 heavy (non-hydrogen) atoms. The number of fused-ring (bicyclic) bond motifs is 2. The van der Waals surface area contributed by atoms with Crippen molar-refractivity contribution in [1.82, 2.24) is 14.3 Å². The van der Waals surface area contributed by atoms with Gasteiger partial charge in [0.1, 0.15) is 12.3 Å². The van der Waals surface area contributed by atoms with Gasteiger partial charge in [-0.1, -0.05) is 19.4 Å². The van der Waals surface area contributed by atoms with E-state index in [4.69, 9.17) is 4.74 Å². The normalized spacial score (nSPS) is 13.0. The Morgan fingerprint density at radius 3 is 2.58 bits per heavy atom. The van der Waals surface area contributed by atoms with E-state index in [0.717, 1.165) is 18.4 Å². The van der Waals surface area contributed by atoms with Crippen LogP contribution in [-0.4, -0.2) is 38.6 Å². The second kappa shape index (κ2) is 8.14. The predicted octanol–water partition coefficient (Wildman–Crippen LogP) is 2.76. The molecule has 1 aliphatic heterocycles. The molecule has 0 atom stereocenters. The van der Waals surface area contributed by atoms with Gasteiger partial charge in [-0.25, -0.2) is 9.78 Å². The lowest BCUT2D eigenvalue weighted by atomic mass is 10.1. The number of esters is 1. The average Bonchev–Trinajstić information content (AvgIpc) is 3.00. The van der Waals surface area contributed by atoms with Crippen molar-refractivity contribution in [3.63, 3.8) is 0 Å². The van der Waals surface area contributed by atoms with Crippen LogP contribution < -0.4 is 5.56 Å². The fourth-order valence-corrected chi connectivity index (χ4v) is 3.49. The number of amides is 2. The number of imide groups is 1. The van der Waals surface area contributed by atoms with Crippen LogP contribution in [0.25, 0.3) is 5.65 Å². The summed E-state index contributed by atoms with van der Waals surface area (Å²) in [6.45, 7) is 4.02. The van der Waals surface area contributed by atoms with Gasteiger partial charge in [-0.2, -0.15) is 0 Å². The van der Waals surface area contributed by atoms with Crippen LogP contribution in [0.15, 0.2) is 47.4 Å². The molecule has 2 aromatic heterocycles. The highest BCUT2D eigenvalue weighted by atomic mass is 16.5. The first kappa shape index (κ1) is 20.5. The van der Waals surface area contributed by atoms with Crippen LogP contribution in [0, 0.1) is 6.92 Å². The third-order valence-electron chi connectivity index (χ3n) is 5.15. The summed E-state index contributed by atoms with van der Waals surface area (Å²) in [6, 6.07) is 9.19. The molecule has 3 heterocycles. The van der Waals surface area contributed by atoms with E-state index in [1.165, 1.54) is 33.6 Å². The minimum absolute atomic E-state index is 0.158. The zero-order valence-corrected chi connectivity index (χ0v) is 17.3. The molecule has 4 rings (SSSR count). The van der Waals surface area contributed by atoms with Gasteiger partial charge in [0.05, 0.1) is 22.4 Å². The standard InChI is InChI=1S/C23H21N3O5/c1-3-4-9-25-21(28)17-7-6-15(10-18(17)22(25)29)23(30)31-13-16-11-20(27)26-12-14(2)5-8-19(26)24-16/h5-8,10-12H,3-4,9,13H2,1-2H3. The summed E-state index contributed by atoms with van der Waals surface area (Å²) in [5.74, 6) is -1.41. The summed E-state index contributed by atoms with van der Waals surface area (Å²) < 4.78 is 6.72. The molecule has 0 N–H and O–H groups in total. The smallest absolute Gasteiger partial charge is 0.338 e. The maximum absolute atomic E-state index is 12.6. The number of carbonyl (C=O) groups is 3. The minimum Gasteiger partial charge on any atom is -0.456 e. The quantitative estimate of drug-likeness (QED) is 0.450. The van der Waals surface area contributed by atoms with Crippen LogP contribution in [0.4, 0.5) is 0 Å². The van der Waals surface area contributed by atoms with Gasteiger partial charge in [0.15, 0.2) is 0 Å². The number of benzene rings is 1. The lowest BCUT2D eigenvalue weighted by Crippen LogP contribution is -2.30. The highest BCUT2D eigenvalue weighted by Gasteiger charge is 2.35. The van der Waals surface area contributed by atoms with Crippen molar-refractivity contribution < 1.29 is 19.1 Å². The molecule has 3 aromatic rings. The fraction of sp³-hybridized carbons (Fsp3) is 0.261. The molecule has 0 saturated heterocycles. The van der Waals surface area contributed by atoms with Gasteiger partial charge in [-0.15, -0.1) is 0 Å². The van der Waals surface area contributed by atoms with Gasteiger partial charge in [-0.3, -0.25) is 23.7 Å². The molecule has 8 nitrogen and oxygen atoms in total. The Bertz CT molecular complexity index is 1280. The van der Waals surface area contributed by atoms with E-state index in [0.29, 0.717) is 17.9 Å². The fourth-order valence-electron chi connectivity index (χ4n) is 3.49. The third kappa shape index (κ3) is 3.84. The van der Waals surface area contributed by atoms with Crippen molar-refractivity contribution in [1.29, 1.82) is 0 Å². The zero-order valence-electron chi connectivity index (χ0n) is 17.3.